The lowest BCUT2D eigenvalue weighted by molar-refractivity contribution is -0.117. The van der Waals surface area contributed by atoms with Crippen LogP contribution >= 0.6 is 0 Å². The van der Waals surface area contributed by atoms with Gasteiger partial charge in [0.1, 0.15) is 11.6 Å². The number of nitrogens with two attached hydrogens (primary N) is 1. The molecule has 2 aromatic rings. The van der Waals surface area contributed by atoms with Crippen molar-refractivity contribution in [3.8, 4) is 5.75 Å². The molecule has 2 N–H and O–H groups in total. The summed E-state index contributed by atoms with van der Waals surface area (Å²) >= 11 is 0. The van der Waals surface area contributed by atoms with E-state index in [4.69, 9.17) is 10.5 Å². The van der Waals surface area contributed by atoms with E-state index in [0.717, 1.165) is 18.1 Å². The van der Waals surface area contributed by atoms with Gasteiger partial charge in [0.15, 0.2) is 0 Å². The number of carbonyl (C=O) groups is 2. The first-order valence-corrected chi connectivity index (χ1v) is 9.74. The van der Waals surface area contributed by atoms with Gasteiger partial charge in [0.05, 0.1) is 17.4 Å². The van der Waals surface area contributed by atoms with Crippen LogP contribution in [0.4, 0.5) is 20.6 Å². The average Bonchev–Trinajstić information content (AvgIpc) is 2.68. The quantitative estimate of drug-likeness (QED) is 0.842. The van der Waals surface area contributed by atoms with Crippen molar-refractivity contribution in [1.82, 2.24) is 0 Å². The highest BCUT2D eigenvalue weighted by Gasteiger charge is 2.35. The minimum absolute atomic E-state index is 0.101. The monoisotopic (exact) mass is 399 g/mol. The molecule has 1 heterocycles. The summed E-state index contributed by atoms with van der Waals surface area (Å²) in [7, 11) is 0. The number of ether oxygens (including phenoxy) is 1. The fourth-order valence-corrected chi connectivity index (χ4v) is 3.77. The van der Waals surface area contributed by atoms with E-state index in [2.05, 4.69) is 6.92 Å². The van der Waals surface area contributed by atoms with Crippen LogP contribution in [0.15, 0.2) is 42.5 Å². The zero-order chi connectivity index (χ0) is 21.1. The largest absolute Gasteiger partial charge is 0.419 e. The maximum atomic E-state index is 13.5. The molecule has 1 aliphatic heterocycles. The van der Waals surface area contributed by atoms with E-state index in [0.29, 0.717) is 17.9 Å². The lowest BCUT2D eigenvalue weighted by Gasteiger charge is -2.40. The van der Waals surface area contributed by atoms with Crippen LogP contribution in [0, 0.1) is 5.82 Å². The fraction of sp³-hybridized carbons (Fsp3) is 0.364. The van der Waals surface area contributed by atoms with Gasteiger partial charge in [-0.1, -0.05) is 19.1 Å². The SMILES string of the molecule is CCC(CN)c1ccc2c(c1)N(C(=O)Oc1cccc(F)c1)C[C@H](C)N2C(C)=O. The number of fused-ring (bicyclic) bond motifs is 1. The second kappa shape index (κ2) is 8.61. The van der Waals surface area contributed by atoms with Crippen LogP contribution in [0.1, 0.15) is 38.7 Å². The molecule has 7 heteroatoms. The summed E-state index contributed by atoms with van der Waals surface area (Å²) in [5.41, 5.74) is 8.12. The highest BCUT2D eigenvalue weighted by molar-refractivity contribution is 6.02. The maximum absolute atomic E-state index is 13.5. The minimum atomic E-state index is -0.621. The third kappa shape index (κ3) is 4.24. The predicted molar refractivity (Wildman–Crippen MR) is 111 cm³/mol. The Kier molecular flexibility index (Phi) is 6.17. The summed E-state index contributed by atoms with van der Waals surface area (Å²) < 4.78 is 18.9. The smallest absolute Gasteiger partial charge is 0.410 e. The Bertz CT molecular complexity index is 914. The summed E-state index contributed by atoms with van der Waals surface area (Å²) in [6.07, 6.45) is 0.236. The van der Waals surface area contributed by atoms with Crippen molar-refractivity contribution in [1.29, 1.82) is 0 Å². The van der Waals surface area contributed by atoms with E-state index in [1.165, 1.54) is 30.0 Å². The zero-order valence-corrected chi connectivity index (χ0v) is 16.9. The van der Waals surface area contributed by atoms with Crippen LogP contribution in [0.25, 0.3) is 0 Å². The second-order valence-corrected chi connectivity index (χ2v) is 7.26. The van der Waals surface area contributed by atoms with Gasteiger partial charge < -0.3 is 15.4 Å². The molecule has 0 bridgehead atoms. The van der Waals surface area contributed by atoms with Gasteiger partial charge in [-0.2, -0.15) is 0 Å². The van der Waals surface area contributed by atoms with Crippen molar-refractivity contribution in [2.45, 2.75) is 39.2 Å². The minimum Gasteiger partial charge on any atom is -0.410 e. The van der Waals surface area contributed by atoms with Gasteiger partial charge in [0, 0.05) is 19.5 Å². The van der Waals surface area contributed by atoms with Gasteiger partial charge in [-0.3, -0.25) is 9.69 Å². The predicted octanol–water partition coefficient (Wildman–Crippen LogP) is 4.04. The Morgan fingerprint density at radius 1 is 1.24 bits per heavy atom. The van der Waals surface area contributed by atoms with Gasteiger partial charge in [-0.05, 0) is 55.6 Å². The van der Waals surface area contributed by atoms with Crippen molar-refractivity contribution in [3.05, 3.63) is 53.8 Å². The molecule has 2 amide bonds. The first-order chi connectivity index (χ1) is 13.8. The molecule has 0 saturated heterocycles. The molecule has 0 radical (unpaired) electrons. The summed E-state index contributed by atoms with van der Waals surface area (Å²) in [5.74, 6) is -0.314. The molecule has 2 aromatic carbocycles. The number of anilines is 2. The number of hydrogen-bond donors (Lipinski definition) is 1. The topological polar surface area (TPSA) is 75.9 Å². The van der Waals surface area contributed by atoms with E-state index >= 15 is 0 Å². The summed E-state index contributed by atoms with van der Waals surface area (Å²) in [5, 5.41) is 0. The average molecular weight is 399 g/mol. The molecule has 2 atom stereocenters. The number of hydrogen-bond acceptors (Lipinski definition) is 4. The molecule has 154 valence electrons. The van der Waals surface area contributed by atoms with Crippen molar-refractivity contribution in [2.75, 3.05) is 22.9 Å². The van der Waals surface area contributed by atoms with Crippen molar-refractivity contribution < 1.29 is 18.7 Å². The van der Waals surface area contributed by atoms with E-state index in [-0.39, 0.29) is 30.2 Å². The lowest BCUT2D eigenvalue weighted by atomic mass is 9.94. The molecule has 0 spiro atoms. The summed E-state index contributed by atoms with van der Waals surface area (Å²) in [4.78, 5) is 28.3. The molecule has 29 heavy (non-hydrogen) atoms. The second-order valence-electron chi connectivity index (χ2n) is 7.26. The lowest BCUT2D eigenvalue weighted by Crippen LogP contribution is -2.52. The number of halogens is 1. The molecule has 0 aliphatic carbocycles. The molecular formula is C22H26FN3O3. The summed E-state index contributed by atoms with van der Waals surface area (Å²) in [6.45, 7) is 6.18. The van der Waals surface area contributed by atoms with Crippen LogP contribution in [0.3, 0.4) is 0 Å². The van der Waals surface area contributed by atoms with Crippen LogP contribution in [0.5, 0.6) is 5.75 Å². The van der Waals surface area contributed by atoms with E-state index < -0.39 is 11.9 Å². The fourth-order valence-electron chi connectivity index (χ4n) is 3.77. The highest BCUT2D eigenvalue weighted by Crippen LogP contribution is 2.38. The summed E-state index contributed by atoms with van der Waals surface area (Å²) in [6, 6.07) is 10.9. The third-order valence-corrected chi connectivity index (χ3v) is 5.25. The van der Waals surface area contributed by atoms with Crippen LogP contribution in [-0.4, -0.2) is 31.1 Å². The van der Waals surface area contributed by atoms with E-state index in [1.54, 1.807) is 4.90 Å². The molecule has 3 rings (SSSR count). The normalized spacial score (nSPS) is 16.9. The van der Waals surface area contributed by atoms with Gasteiger partial charge in [-0.15, -0.1) is 0 Å². The van der Waals surface area contributed by atoms with Gasteiger partial charge in [0.2, 0.25) is 5.91 Å². The van der Waals surface area contributed by atoms with Crippen molar-refractivity contribution >= 4 is 23.4 Å². The third-order valence-electron chi connectivity index (χ3n) is 5.25. The van der Waals surface area contributed by atoms with Crippen molar-refractivity contribution in [2.24, 2.45) is 5.73 Å². The molecule has 1 aliphatic rings. The number of carbonyl (C=O) groups excluding carboxylic acids is 2. The van der Waals surface area contributed by atoms with Crippen LogP contribution in [0.2, 0.25) is 0 Å². The van der Waals surface area contributed by atoms with Gasteiger partial charge in [0.25, 0.3) is 0 Å². The van der Waals surface area contributed by atoms with Crippen LogP contribution in [-0.2, 0) is 4.79 Å². The van der Waals surface area contributed by atoms with Crippen molar-refractivity contribution in [3.63, 3.8) is 0 Å². The number of rotatable bonds is 4. The Morgan fingerprint density at radius 2 is 2.00 bits per heavy atom. The van der Waals surface area contributed by atoms with E-state index in [1.807, 2.05) is 25.1 Å². The molecule has 0 saturated carbocycles. The molecule has 1 unspecified atom stereocenters. The molecule has 6 nitrogen and oxygen atoms in total. The van der Waals surface area contributed by atoms with Gasteiger partial charge >= 0.3 is 6.09 Å². The number of amides is 2. The van der Waals surface area contributed by atoms with Gasteiger partial charge in [-0.25, -0.2) is 9.18 Å². The number of nitrogens with zero attached hydrogens (tertiary/aromatic N) is 2. The Balaban J connectivity index is 2.01. The van der Waals surface area contributed by atoms with E-state index in [9.17, 15) is 14.0 Å². The molecule has 0 fully saturated rings. The Morgan fingerprint density at radius 3 is 2.62 bits per heavy atom. The molecular weight excluding hydrogens is 373 g/mol. The Hall–Kier alpha value is -2.93. The standard InChI is InChI=1S/C22H26FN3O3/c1-4-16(12-24)17-8-9-20-21(10-17)25(13-14(2)26(20)15(3)27)22(28)29-19-7-5-6-18(23)11-19/h5-11,14,16H,4,12-13,24H2,1-3H3/t14-,16?/m0/s1. The number of benzene rings is 2. The molecule has 0 aromatic heterocycles. The zero-order valence-electron chi connectivity index (χ0n) is 16.9. The first-order valence-electron chi connectivity index (χ1n) is 9.74. The van der Waals surface area contributed by atoms with Crippen LogP contribution < -0.4 is 20.3 Å². The highest BCUT2D eigenvalue weighted by atomic mass is 19.1. The Labute approximate surface area is 170 Å². The maximum Gasteiger partial charge on any atom is 0.419 e. The first kappa shape index (κ1) is 20.8.